The lowest BCUT2D eigenvalue weighted by atomic mass is 9.90. The summed E-state index contributed by atoms with van der Waals surface area (Å²) >= 11 is 7.68. The van der Waals surface area contributed by atoms with Crippen molar-refractivity contribution in [2.24, 2.45) is 5.92 Å². The van der Waals surface area contributed by atoms with Gasteiger partial charge < -0.3 is 20.0 Å². The standard InChI is InChI=1S/C28H39ClN6O2S/c1-3-4-12-30-28(37)35-16-15-34(19-21(35)2)25-18-24(29)31-27(32-25)38-20-26(36)33-13-10-23(11-14-33)17-22-8-6-5-7-9-22/h5-9,18,21,23H,3-4,10-17,19-20H2,1-2H3,(H,30,37). The molecule has 1 aromatic carbocycles. The van der Waals surface area contributed by atoms with Gasteiger partial charge in [-0.1, -0.05) is 67.0 Å². The predicted octanol–water partition coefficient (Wildman–Crippen LogP) is 4.72. The van der Waals surface area contributed by atoms with Crippen molar-refractivity contribution in [1.29, 1.82) is 0 Å². The molecule has 1 aromatic heterocycles. The summed E-state index contributed by atoms with van der Waals surface area (Å²) in [6, 6.07) is 12.4. The van der Waals surface area contributed by atoms with Gasteiger partial charge in [0.15, 0.2) is 5.16 Å². The van der Waals surface area contributed by atoms with E-state index in [2.05, 4.69) is 46.4 Å². The number of nitrogens with zero attached hydrogens (tertiary/aromatic N) is 5. The number of likely N-dealkylation sites (tertiary alicyclic amines) is 1. The van der Waals surface area contributed by atoms with Gasteiger partial charge in [-0.2, -0.15) is 0 Å². The van der Waals surface area contributed by atoms with Crippen LogP contribution in [0.1, 0.15) is 45.1 Å². The van der Waals surface area contributed by atoms with E-state index in [9.17, 15) is 9.59 Å². The number of amides is 3. The number of aromatic nitrogens is 2. The Bertz CT molecular complexity index is 1070. The number of urea groups is 1. The zero-order valence-corrected chi connectivity index (χ0v) is 24.0. The SMILES string of the molecule is CCCCNC(=O)N1CCN(c2cc(Cl)nc(SCC(=O)N3CCC(Cc4ccccc4)CC3)n2)CC1C. The first kappa shape index (κ1) is 28.5. The highest BCUT2D eigenvalue weighted by molar-refractivity contribution is 7.99. The fourth-order valence-electron chi connectivity index (χ4n) is 5.10. The molecule has 1 N–H and O–H groups in total. The van der Waals surface area contributed by atoms with Gasteiger partial charge in [-0.05, 0) is 44.1 Å². The number of rotatable bonds is 9. The number of nitrogens with one attached hydrogen (secondary N) is 1. The molecule has 2 fully saturated rings. The highest BCUT2D eigenvalue weighted by Gasteiger charge is 2.29. The maximum atomic E-state index is 12.9. The smallest absolute Gasteiger partial charge is 0.317 e. The van der Waals surface area contributed by atoms with E-state index >= 15 is 0 Å². The van der Waals surface area contributed by atoms with E-state index in [-0.39, 0.29) is 18.0 Å². The number of hydrogen-bond acceptors (Lipinski definition) is 6. The van der Waals surface area contributed by atoms with Gasteiger partial charge in [0.1, 0.15) is 11.0 Å². The summed E-state index contributed by atoms with van der Waals surface area (Å²) < 4.78 is 0. The molecule has 3 heterocycles. The molecule has 2 aliphatic rings. The second kappa shape index (κ2) is 14.0. The topological polar surface area (TPSA) is 81.7 Å². The van der Waals surface area contributed by atoms with Crippen LogP contribution in [0.2, 0.25) is 5.15 Å². The molecule has 0 spiro atoms. The first-order chi connectivity index (χ1) is 18.4. The van der Waals surface area contributed by atoms with Crippen LogP contribution in [0.4, 0.5) is 10.6 Å². The van der Waals surface area contributed by atoms with Crippen LogP contribution in [0.5, 0.6) is 0 Å². The number of piperazine rings is 1. The first-order valence-electron chi connectivity index (χ1n) is 13.7. The molecular formula is C28H39ClN6O2S. The van der Waals surface area contributed by atoms with E-state index in [1.807, 2.05) is 22.8 Å². The van der Waals surface area contributed by atoms with Crippen LogP contribution in [0, 0.1) is 5.92 Å². The van der Waals surface area contributed by atoms with Crippen molar-refractivity contribution in [1.82, 2.24) is 25.1 Å². The number of hydrogen-bond donors (Lipinski definition) is 1. The summed E-state index contributed by atoms with van der Waals surface area (Å²) in [4.78, 5) is 40.5. The third-order valence-corrected chi connectivity index (χ3v) is 8.36. The van der Waals surface area contributed by atoms with E-state index in [4.69, 9.17) is 16.6 Å². The molecule has 8 nitrogen and oxygen atoms in total. The molecule has 206 valence electrons. The number of piperidine rings is 1. The lowest BCUT2D eigenvalue weighted by molar-refractivity contribution is -0.129. The molecule has 38 heavy (non-hydrogen) atoms. The Morgan fingerprint density at radius 1 is 1.11 bits per heavy atom. The van der Waals surface area contributed by atoms with Crippen LogP contribution >= 0.6 is 23.4 Å². The fourth-order valence-corrected chi connectivity index (χ4v) is 6.09. The lowest BCUT2D eigenvalue weighted by Gasteiger charge is -2.40. The summed E-state index contributed by atoms with van der Waals surface area (Å²) in [5.74, 6) is 1.78. The van der Waals surface area contributed by atoms with E-state index in [0.717, 1.165) is 51.0 Å². The molecule has 0 radical (unpaired) electrons. The van der Waals surface area contributed by atoms with E-state index in [0.29, 0.717) is 48.2 Å². The molecule has 0 bridgehead atoms. The lowest BCUT2D eigenvalue weighted by Crippen LogP contribution is -2.56. The molecule has 0 saturated carbocycles. The minimum absolute atomic E-state index is 0.00910. The van der Waals surface area contributed by atoms with Crippen molar-refractivity contribution in [3.63, 3.8) is 0 Å². The van der Waals surface area contributed by atoms with E-state index in [1.54, 1.807) is 6.07 Å². The Labute approximate surface area is 235 Å². The average molecular weight is 559 g/mol. The summed E-state index contributed by atoms with van der Waals surface area (Å²) in [5, 5.41) is 3.87. The van der Waals surface area contributed by atoms with Crippen LogP contribution in [-0.2, 0) is 11.2 Å². The van der Waals surface area contributed by atoms with Crippen molar-refractivity contribution in [2.75, 3.05) is 49.9 Å². The third kappa shape index (κ3) is 7.99. The van der Waals surface area contributed by atoms with Gasteiger partial charge in [0, 0.05) is 51.4 Å². The van der Waals surface area contributed by atoms with Crippen LogP contribution < -0.4 is 10.2 Å². The number of halogens is 1. The number of carbonyl (C=O) groups is 2. The van der Waals surface area contributed by atoms with Crippen molar-refractivity contribution in [3.05, 3.63) is 47.1 Å². The zero-order valence-electron chi connectivity index (χ0n) is 22.4. The van der Waals surface area contributed by atoms with Crippen molar-refractivity contribution < 1.29 is 9.59 Å². The third-order valence-electron chi connectivity index (χ3n) is 7.34. The van der Waals surface area contributed by atoms with Gasteiger partial charge in [-0.25, -0.2) is 14.8 Å². The van der Waals surface area contributed by atoms with Crippen molar-refractivity contribution in [3.8, 4) is 0 Å². The fraction of sp³-hybridized carbons (Fsp3) is 0.571. The summed E-state index contributed by atoms with van der Waals surface area (Å²) in [6.07, 6.45) is 5.17. The van der Waals surface area contributed by atoms with E-state index < -0.39 is 0 Å². The Balaban J connectivity index is 1.25. The number of unbranched alkanes of at least 4 members (excludes halogenated alkanes) is 1. The second-order valence-electron chi connectivity index (χ2n) is 10.2. The minimum atomic E-state index is -0.00910. The Morgan fingerprint density at radius 3 is 2.58 bits per heavy atom. The molecule has 1 unspecified atom stereocenters. The van der Waals surface area contributed by atoms with Crippen LogP contribution in [0.25, 0.3) is 0 Å². The molecule has 3 amide bonds. The predicted molar refractivity (Wildman–Crippen MR) is 154 cm³/mol. The van der Waals surface area contributed by atoms with Crippen LogP contribution in [-0.4, -0.2) is 82.8 Å². The summed E-state index contributed by atoms with van der Waals surface area (Å²) in [7, 11) is 0. The average Bonchev–Trinajstić information content (AvgIpc) is 2.92. The van der Waals surface area contributed by atoms with Crippen LogP contribution in [0.15, 0.2) is 41.6 Å². The van der Waals surface area contributed by atoms with Crippen molar-refractivity contribution >= 4 is 41.1 Å². The maximum absolute atomic E-state index is 12.9. The second-order valence-corrected chi connectivity index (χ2v) is 11.5. The molecule has 2 aromatic rings. The Hall–Kier alpha value is -2.52. The number of benzene rings is 1. The quantitative estimate of drug-likeness (QED) is 0.207. The number of thioether (sulfide) groups is 1. The zero-order chi connectivity index (χ0) is 26.9. The minimum Gasteiger partial charge on any atom is -0.353 e. The van der Waals surface area contributed by atoms with Gasteiger partial charge in [-0.3, -0.25) is 4.79 Å². The summed E-state index contributed by atoms with van der Waals surface area (Å²) in [5.41, 5.74) is 1.37. The molecule has 2 saturated heterocycles. The Kier molecular flexibility index (Phi) is 10.5. The van der Waals surface area contributed by atoms with Gasteiger partial charge in [0.05, 0.1) is 5.75 Å². The monoisotopic (exact) mass is 558 g/mol. The number of carbonyl (C=O) groups excluding carboxylic acids is 2. The molecule has 10 heteroatoms. The first-order valence-corrected chi connectivity index (χ1v) is 15.1. The maximum Gasteiger partial charge on any atom is 0.317 e. The molecular weight excluding hydrogens is 520 g/mol. The Morgan fingerprint density at radius 2 is 1.87 bits per heavy atom. The highest BCUT2D eigenvalue weighted by atomic mass is 35.5. The van der Waals surface area contributed by atoms with Crippen molar-refractivity contribution in [2.45, 2.75) is 57.1 Å². The van der Waals surface area contributed by atoms with Gasteiger partial charge in [0.2, 0.25) is 5.91 Å². The molecule has 0 aliphatic carbocycles. The number of anilines is 1. The summed E-state index contributed by atoms with van der Waals surface area (Å²) in [6.45, 7) is 8.40. The van der Waals surface area contributed by atoms with Gasteiger partial charge in [-0.15, -0.1) is 0 Å². The molecule has 1 atom stereocenters. The van der Waals surface area contributed by atoms with E-state index in [1.165, 1.54) is 17.3 Å². The van der Waals surface area contributed by atoms with Gasteiger partial charge in [0.25, 0.3) is 0 Å². The largest absolute Gasteiger partial charge is 0.353 e. The van der Waals surface area contributed by atoms with Crippen LogP contribution in [0.3, 0.4) is 0 Å². The molecule has 2 aliphatic heterocycles. The molecule has 4 rings (SSSR count). The van der Waals surface area contributed by atoms with Gasteiger partial charge >= 0.3 is 6.03 Å². The highest BCUT2D eigenvalue weighted by Crippen LogP contribution is 2.26. The normalized spacial score (nSPS) is 18.5.